The van der Waals surface area contributed by atoms with Crippen molar-refractivity contribution in [1.82, 2.24) is 0 Å². The molecule has 0 aromatic heterocycles. The molecule has 40 heavy (non-hydrogen) atoms. The summed E-state index contributed by atoms with van der Waals surface area (Å²) in [6.07, 6.45) is 1.23. The van der Waals surface area contributed by atoms with E-state index in [0.717, 1.165) is 40.2 Å². The summed E-state index contributed by atoms with van der Waals surface area (Å²) in [5, 5.41) is 7.97. The Morgan fingerprint density at radius 2 is 1.55 bits per heavy atom. The molecule has 6 heteroatoms. The first-order valence-corrected chi connectivity index (χ1v) is 14.0. The molecule has 0 amide bonds. The van der Waals surface area contributed by atoms with E-state index in [1.54, 1.807) is 0 Å². The van der Waals surface area contributed by atoms with Gasteiger partial charge in [-0.15, -0.1) is 0 Å². The maximum absolute atomic E-state index is 13.9. The van der Waals surface area contributed by atoms with Gasteiger partial charge in [0.15, 0.2) is 17.3 Å². The van der Waals surface area contributed by atoms with Crippen LogP contribution in [0.25, 0.3) is 0 Å². The van der Waals surface area contributed by atoms with Crippen molar-refractivity contribution in [2.45, 2.75) is 38.3 Å². The fourth-order valence-electron chi connectivity index (χ4n) is 5.54. The Hall–Kier alpha value is -4.22. The number of Topliss-reactive ketones (excluding diaryl/α,β-unsaturated/α-hetero) is 1. The number of para-hydroxylation sites is 2. The number of hydrogen-bond donors (Lipinski definition) is 2. The summed E-state index contributed by atoms with van der Waals surface area (Å²) < 4.78 is 12.2. The highest BCUT2D eigenvalue weighted by molar-refractivity contribution is 6.30. The zero-order valence-electron chi connectivity index (χ0n) is 22.3. The monoisotopic (exact) mass is 550 g/mol. The third-order valence-electron chi connectivity index (χ3n) is 7.49. The van der Waals surface area contributed by atoms with Crippen molar-refractivity contribution in [3.63, 3.8) is 0 Å². The summed E-state index contributed by atoms with van der Waals surface area (Å²) in [7, 11) is 0. The first-order chi connectivity index (χ1) is 19.6. The molecule has 5 nitrogen and oxygen atoms in total. The molecule has 1 heterocycles. The van der Waals surface area contributed by atoms with Gasteiger partial charge in [-0.25, -0.2) is 0 Å². The van der Waals surface area contributed by atoms with Crippen LogP contribution in [0.4, 0.5) is 11.4 Å². The predicted octanol–water partition coefficient (Wildman–Crippen LogP) is 8.30. The lowest BCUT2D eigenvalue weighted by Gasteiger charge is -2.30. The van der Waals surface area contributed by atoms with E-state index >= 15 is 0 Å². The molecular formula is C34H31ClN2O3. The van der Waals surface area contributed by atoms with Gasteiger partial charge in [-0.3, -0.25) is 4.79 Å². The lowest BCUT2D eigenvalue weighted by Crippen LogP contribution is -2.26. The number of nitrogens with one attached hydrogen (secondary N) is 2. The minimum absolute atomic E-state index is 0.133. The minimum Gasteiger partial charge on any atom is -0.490 e. The van der Waals surface area contributed by atoms with Gasteiger partial charge in [0.1, 0.15) is 6.61 Å². The van der Waals surface area contributed by atoms with E-state index < -0.39 is 0 Å². The molecule has 6 rings (SSSR count). The summed E-state index contributed by atoms with van der Waals surface area (Å²) in [4.78, 5) is 13.9. The Morgan fingerprint density at radius 3 is 2.33 bits per heavy atom. The van der Waals surface area contributed by atoms with Crippen molar-refractivity contribution in [3.05, 3.63) is 130 Å². The van der Waals surface area contributed by atoms with Crippen LogP contribution >= 0.6 is 11.6 Å². The number of benzene rings is 4. The highest BCUT2D eigenvalue weighted by Gasteiger charge is 2.36. The van der Waals surface area contributed by atoms with Crippen molar-refractivity contribution in [1.29, 1.82) is 0 Å². The van der Waals surface area contributed by atoms with Crippen LogP contribution in [-0.2, 0) is 11.4 Å². The number of carbonyl (C=O) groups is 1. The average molecular weight is 551 g/mol. The summed E-state index contributed by atoms with van der Waals surface area (Å²) in [5.74, 6) is 1.58. The van der Waals surface area contributed by atoms with Crippen molar-refractivity contribution in [3.8, 4) is 11.5 Å². The zero-order chi connectivity index (χ0) is 27.5. The highest BCUT2D eigenvalue weighted by Crippen LogP contribution is 2.45. The van der Waals surface area contributed by atoms with Crippen molar-refractivity contribution in [2.75, 3.05) is 17.2 Å². The Labute approximate surface area is 239 Å². The molecule has 0 fully saturated rings. The van der Waals surface area contributed by atoms with Gasteiger partial charge < -0.3 is 20.1 Å². The molecule has 2 atom stereocenters. The van der Waals surface area contributed by atoms with Crippen LogP contribution in [-0.4, -0.2) is 12.4 Å². The molecule has 2 aliphatic rings. The fraction of sp³-hybridized carbons (Fsp3) is 0.206. The minimum atomic E-state index is -0.333. The number of fused-ring (bicyclic) bond motifs is 1. The molecule has 1 aliphatic carbocycles. The van der Waals surface area contributed by atoms with Gasteiger partial charge in [-0.1, -0.05) is 72.3 Å². The molecule has 0 bridgehead atoms. The van der Waals surface area contributed by atoms with E-state index in [0.29, 0.717) is 36.2 Å². The van der Waals surface area contributed by atoms with E-state index in [9.17, 15) is 4.79 Å². The van der Waals surface area contributed by atoms with Crippen LogP contribution in [0.15, 0.2) is 108 Å². The lowest BCUT2D eigenvalue weighted by molar-refractivity contribution is -0.116. The van der Waals surface area contributed by atoms with Gasteiger partial charge in [0, 0.05) is 22.7 Å². The number of ether oxygens (including phenoxy) is 2. The van der Waals surface area contributed by atoms with E-state index in [1.165, 1.54) is 5.56 Å². The SMILES string of the molecule is CCOc1cc([C@H]2Nc3ccccc3NC3=C2C(=O)C[C@@H](c2ccccc2)C3)ccc1OCc1ccc(Cl)cc1. The van der Waals surface area contributed by atoms with Gasteiger partial charge in [-0.05, 0) is 72.4 Å². The average Bonchev–Trinajstić information content (AvgIpc) is 3.15. The van der Waals surface area contributed by atoms with E-state index in [1.807, 2.05) is 91.9 Å². The Kier molecular flexibility index (Phi) is 7.47. The second-order valence-electron chi connectivity index (χ2n) is 10.1. The molecule has 0 saturated heterocycles. The molecule has 202 valence electrons. The second kappa shape index (κ2) is 11.5. The smallest absolute Gasteiger partial charge is 0.163 e. The van der Waals surface area contributed by atoms with E-state index in [-0.39, 0.29) is 17.7 Å². The van der Waals surface area contributed by atoms with E-state index in [2.05, 4.69) is 22.8 Å². The molecule has 0 saturated carbocycles. The van der Waals surface area contributed by atoms with Gasteiger partial charge in [0.05, 0.1) is 24.0 Å². The second-order valence-corrected chi connectivity index (χ2v) is 10.6. The molecule has 2 N–H and O–H groups in total. The van der Waals surface area contributed by atoms with Gasteiger partial charge in [-0.2, -0.15) is 0 Å². The van der Waals surface area contributed by atoms with Gasteiger partial charge in [0.25, 0.3) is 0 Å². The Morgan fingerprint density at radius 1 is 0.800 bits per heavy atom. The van der Waals surface area contributed by atoms with Crippen LogP contribution in [0.3, 0.4) is 0 Å². The quantitative estimate of drug-likeness (QED) is 0.242. The molecule has 0 unspecified atom stereocenters. The number of rotatable bonds is 7. The Balaban J connectivity index is 1.36. The molecule has 4 aromatic carbocycles. The predicted molar refractivity (Wildman–Crippen MR) is 160 cm³/mol. The maximum atomic E-state index is 13.9. The van der Waals surface area contributed by atoms with Crippen LogP contribution in [0.1, 0.15) is 48.4 Å². The molecule has 0 spiro atoms. The number of ketones is 1. The Bertz CT molecular complexity index is 1550. The number of hydrogen-bond acceptors (Lipinski definition) is 5. The number of halogens is 1. The standard InChI is InChI=1S/C34H31ClN2O3/c1-2-39-32-20-24(14-17-31(32)40-21-22-12-15-26(35)16-13-22)34-33-29(36-27-10-6-7-11-28(27)37-34)18-25(19-30(33)38)23-8-4-3-5-9-23/h3-17,20,25,34,36-37H,2,18-19,21H2,1H3/t25-,34+/m0/s1. The van der Waals surface area contributed by atoms with Crippen molar-refractivity contribution >= 4 is 28.8 Å². The van der Waals surface area contributed by atoms with Crippen molar-refractivity contribution in [2.24, 2.45) is 0 Å². The largest absolute Gasteiger partial charge is 0.490 e. The number of carbonyl (C=O) groups excluding carboxylic acids is 1. The molecule has 4 aromatic rings. The van der Waals surface area contributed by atoms with Gasteiger partial charge in [0.2, 0.25) is 0 Å². The highest BCUT2D eigenvalue weighted by atomic mass is 35.5. The van der Waals surface area contributed by atoms with Crippen LogP contribution in [0.2, 0.25) is 5.02 Å². The summed E-state index contributed by atoms with van der Waals surface area (Å²) in [6, 6.07) is 31.6. The first-order valence-electron chi connectivity index (χ1n) is 13.7. The maximum Gasteiger partial charge on any atom is 0.163 e. The number of anilines is 2. The van der Waals surface area contributed by atoms with Crippen LogP contribution < -0.4 is 20.1 Å². The van der Waals surface area contributed by atoms with Crippen LogP contribution in [0, 0.1) is 0 Å². The normalized spacial score (nSPS) is 18.1. The summed E-state index contributed by atoms with van der Waals surface area (Å²) >= 11 is 6.03. The molecule has 0 radical (unpaired) electrons. The summed E-state index contributed by atoms with van der Waals surface area (Å²) in [5.41, 5.74) is 6.81. The zero-order valence-corrected chi connectivity index (χ0v) is 23.1. The molecule has 1 aliphatic heterocycles. The third kappa shape index (κ3) is 5.43. The van der Waals surface area contributed by atoms with E-state index in [4.69, 9.17) is 21.1 Å². The lowest BCUT2D eigenvalue weighted by atomic mass is 9.78. The fourth-order valence-corrected chi connectivity index (χ4v) is 5.66. The van der Waals surface area contributed by atoms with Gasteiger partial charge >= 0.3 is 0 Å². The first kappa shape index (κ1) is 26.0. The topological polar surface area (TPSA) is 59.6 Å². The van der Waals surface area contributed by atoms with Crippen LogP contribution in [0.5, 0.6) is 11.5 Å². The number of allylic oxidation sites excluding steroid dienone is 1. The third-order valence-corrected chi connectivity index (χ3v) is 7.74. The molecular weight excluding hydrogens is 520 g/mol. The van der Waals surface area contributed by atoms with Crippen molar-refractivity contribution < 1.29 is 14.3 Å². The summed E-state index contributed by atoms with van der Waals surface area (Å²) in [6.45, 7) is 2.84.